The Morgan fingerprint density at radius 2 is 1.65 bits per heavy atom. The van der Waals surface area contributed by atoms with E-state index in [0.717, 1.165) is 11.0 Å². The van der Waals surface area contributed by atoms with Gasteiger partial charge in [0, 0.05) is 0 Å². The molecule has 3 nitrogen and oxygen atoms in total. The quantitative estimate of drug-likeness (QED) is 0.792. The molecule has 0 N–H and O–H groups in total. The van der Waals surface area contributed by atoms with Crippen LogP contribution in [0.5, 0.6) is 0 Å². The van der Waals surface area contributed by atoms with Crippen LogP contribution in [0, 0.1) is 11.3 Å². The van der Waals surface area contributed by atoms with Gasteiger partial charge in [0.05, 0.1) is 23.7 Å². The fourth-order valence-electron chi connectivity index (χ4n) is 1.99. The third-order valence-electron chi connectivity index (χ3n) is 3.98. The summed E-state index contributed by atoms with van der Waals surface area (Å²) in [6, 6.07) is 10.1. The molecule has 0 aromatic heterocycles. The Bertz CT molecular complexity index is 525. The lowest BCUT2D eigenvalue weighted by molar-refractivity contribution is 0.00578. The number of rotatable bonds is 3. The summed E-state index contributed by atoms with van der Waals surface area (Å²) in [7, 11) is -0.322. The maximum absolute atomic E-state index is 8.50. The van der Waals surface area contributed by atoms with E-state index < -0.39 is 0 Å². The first kappa shape index (κ1) is 14.8. The first-order valence-electron chi connectivity index (χ1n) is 6.85. The van der Waals surface area contributed by atoms with Gasteiger partial charge in [0.15, 0.2) is 0 Å². The molecule has 0 aliphatic carbocycles. The number of allylic oxidation sites excluding steroid dienone is 1. The molecule has 1 saturated heterocycles. The van der Waals surface area contributed by atoms with E-state index in [1.165, 1.54) is 0 Å². The Hall–Kier alpha value is -1.57. The van der Waals surface area contributed by atoms with Crippen LogP contribution < -0.4 is 5.46 Å². The lowest BCUT2D eigenvalue weighted by Gasteiger charge is -2.32. The van der Waals surface area contributed by atoms with E-state index in [9.17, 15) is 0 Å². The number of nitrogens with zero attached hydrogens (tertiary/aromatic N) is 1. The second-order valence-electron chi connectivity index (χ2n) is 6.02. The van der Waals surface area contributed by atoms with E-state index in [0.29, 0.717) is 6.42 Å². The van der Waals surface area contributed by atoms with Crippen LogP contribution in [-0.2, 0) is 9.31 Å². The fraction of sp³-hybridized carbons (Fsp3) is 0.438. The Morgan fingerprint density at radius 3 is 2.15 bits per heavy atom. The highest BCUT2D eigenvalue weighted by Crippen LogP contribution is 2.36. The predicted molar refractivity (Wildman–Crippen MR) is 81.4 cm³/mol. The van der Waals surface area contributed by atoms with Crippen LogP contribution >= 0.6 is 0 Å². The van der Waals surface area contributed by atoms with Crippen molar-refractivity contribution in [3.8, 4) is 6.07 Å². The summed E-state index contributed by atoms with van der Waals surface area (Å²) < 4.78 is 12.0. The van der Waals surface area contributed by atoms with E-state index in [1.54, 1.807) is 0 Å². The standard InChI is InChI=1S/C16H20BNO2/c1-15(2)16(3,4)20-17(19-15)14-10-8-13(9-11-14)7-5-6-12-18/h5,7-11H,6H2,1-4H3. The molecule has 0 unspecified atom stereocenters. The normalized spacial score (nSPS) is 20.2. The van der Waals surface area contributed by atoms with Gasteiger partial charge in [-0.2, -0.15) is 5.26 Å². The van der Waals surface area contributed by atoms with Crippen molar-refractivity contribution in [1.82, 2.24) is 0 Å². The van der Waals surface area contributed by atoms with Crippen LogP contribution in [0.15, 0.2) is 30.3 Å². The maximum atomic E-state index is 8.50. The molecule has 0 amide bonds. The molecule has 1 aromatic rings. The van der Waals surface area contributed by atoms with Gasteiger partial charge < -0.3 is 9.31 Å². The summed E-state index contributed by atoms with van der Waals surface area (Å²) in [6.45, 7) is 8.19. The van der Waals surface area contributed by atoms with Crippen molar-refractivity contribution < 1.29 is 9.31 Å². The van der Waals surface area contributed by atoms with Gasteiger partial charge in [-0.1, -0.05) is 36.4 Å². The van der Waals surface area contributed by atoms with Gasteiger partial charge in [-0.3, -0.25) is 0 Å². The molecule has 0 bridgehead atoms. The first-order chi connectivity index (χ1) is 9.36. The number of nitriles is 1. The number of hydrogen-bond donors (Lipinski definition) is 0. The van der Waals surface area contributed by atoms with Gasteiger partial charge in [-0.05, 0) is 38.7 Å². The van der Waals surface area contributed by atoms with Gasteiger partial charge in [-0.25, -0.2) is 0 Å². The minimum atomic E-state index is -0.322. The lowest BCUT2D eigenvalue weighted by atomic mass is 9.79. The zero-order valence-electron chi connectivity index (χ0n) is 12.5. The topological polar surface area (TPSA) is 42.2 Å². The summed E-state index contributed by atoms with van der Waals surface area (Å²) in [5.74, 6) is 0. The maximum Gasteiger partial charge on any atom is 0.494 e. The molecule has 4 heteroatoms. The molecular formula is C16H20BNO2. The van der Waals surface area contributed by atoms with Crippen LogP contribution in [0.1, 0.15) is 39.7 Å². The van der Waals surface area contributed by atoms with E-state index in [1.807, 2.05) is 64.1 Å². The molecule has 1 aromatic carbocycles. The third kappa shape index (κ3) is 2.95. The van der Waals surface area contributed by atoms with Crippen LogP contribution in [-0.4, -0.2) is 18.3 Å². The van der Waals surface area contributed by atoms with Crippen molar-refractivity contribution in [1.29, 1.82) is 5.26 Å². The van der Waals surface area contributed by atoms with Crippen molar-refractivity contribution >= 4 is 18.7 Å². The van der Waals surface area contributed by atoms with Gasteiger partial charge >= 0.3 is 7.12 Å². The largest absolute Gasteiger partial charge is 0.494 e. The average molecular weight is 269 g/mol. The Kier molecular flexibility index (Phi) is 4.03. The molecule has 2 rings (SSSR count). The summed E-state index contributed by atoms with van der Waals surface area (Å²) in [5.41, 5.74) is 1.45. The third-order valence-corrected chi connectivity index (χ3v) is 3.98. The second kappa shape index (κ2) is 5.44. The summed E-state index contributed by atoms with van der Waals surface area (Å²) in [6.07, 6.45) is 4.22. The minimum absolute atomic E-state index is 0.316. The Balaban J connectivity index is 2.11. The summed E-state index contributed by atoms with van der Waals surface area (Å²) in [4.78, 5) is 0. The smallest absolute Gasteiger partial charge is 0.399 e. The SMILES string of the molecule is CC1(C)OB(c2ccc(C=CCC#N)cc2)OC1(C)C. The van der Waals surface area contributed by atoms with Gasteiger partial charge in [0.25, 0.3) is 0 Å². The molecule has 104 valence electrons. The molecule has 20 heavy (non-hydrogen) atoms. The predicted octanol–water partition coefficient (Wildman–Crippen LogP) is 2.91. The molecule has 1 aliphatic heterocycles. The van der Waals surface area contributed by atoms with Crippen LogP contribution in [0.3, 0.4) is 0 Å². The van der Waals surface area contributed by atoms with E-state index >= 15 is 0 Å². The molecule has 0 saturated carbocycles. The molecule has 0 spiro atoms. The highest BCUT2D eigenvalue weighted by atomic mass is 16.7. The van der Waals surface area contributed by atoms with E-state index in [4.69, 9.17) is 14.6 Å². The Labute approximate surface area is 121 Å². The molecule has 0 radical (unpaired) electrons. The summed E-state index contributed by atoms with van der Waals surface area (Å²) >= 11 is 0. The summed E-state index contributed by atoms with van der Waals surface area (Å²) in [5, 5.41) is 8.50. The molecule has 1 heterocycles. The second-order valence-corrected chi connectivity index (χ2v) is 6.02. The van der Waals surface area contributed by atoms with Gasteiger partial charge in [0.2, 0.25) is 0 Å². The van der Waals surface area contributed by atoms with E-state index in [2.05, 4.69) is 6.07 Å². The highest BCUT2D eigenvalue weighted by Gasteiger charge is 2.51. The van der Waals surface area contributed by atoms with Crippen LogP contribution in [0.4, 0.5) is 0 Å². The minimum Gasteiger partial charge on any atom is -0.399 e. The first-order valence-corrected chi connectivity index (χ1v) is 6.85. The van der Waals surface area contributed by atoms with Crippen molar-refractivity contribution in [3.63, 3.8) is 0 Å². The van der Waals surface area contributed by atoms with Crippen LogP contribution in [0.25, 0.3) is 6.08 Å². The lowest BCUT2D eigenvalue weighted by Crippen LogP contribution is -2.41. The molecular weight excluding hydrogens is 249 g/mol. The fourth-order valence-corrected chi connectivity index (χ4v) is 1.99. The van der Waals surface area contributed by atoms with Crippen molar-refractivity contribution in [2.45, 2.75) is 45.3 Å². The zero-order valence-corrected chi connectivity index (χ0v) is 12.5. The van der Waals surface area contributed by atoms with Gasteiger partial charge in [-0.15, -0.1) is 0 Å². The molecule has 0 atom stereocenters. The van der Waals surface area contributed by atoms with E-state index in [-0.39, 0.29) is 18.3 Å². The van der Waals surface area contributed by atoms with Crippen molar-refractivity contribution in [2.24, 2.45) is 0 Å². The van der Waals surface area contributed by atoms with Crippen molar-refractivity contribution in [3.05, 3.63) is 35.9 Å². The number of benzene rings is 1. The Morgan fingerprint density at radius 1 is 1.10 bits per heavy atom. The van der Waals surface area contributed by atoms with Crippen LogP contribution in [0.2, 0.25) is 0 Å². The number of hydrogen-bond acceptors (Lipinski definition) is 3. The zero-order chi connectivity index (χ0) is 14.8. The average Bonchev–Trinajstić information content (AvgIpc) is 2.60. The van der Waals surface area contributed by atoms with Crippen molar-refractivity contribution in [2.75, 3.05) is 0 Å². The molecule has 1 fully saturated rings. The highest BCUT2D eigenvalue weighted by molar-refractivity contribution is 6.62. The molecule has 1 aliphatic rings. The monoisotopic (exact) mass is 269 g/mol. The van der Waals surface area contributed by atoms with Gasteiger partial charge in [0.1, 0.15) is 0 Å².